The van der Waals surface area contributed by atoms with Crippen LogP contribution in [0.5, 0.6) is 5.75 Å². The lowest BCUT2D eigenvalue weighted by atomic mass is 9.71. The van der Waals surface area contributed by atoms with Gasteiger partial charge in [0.1, 0.15) is 11.4 Å². The number of ether oxygens (including phenoxy) is 1. The average Bonchev–Trinajstić information content (AvgIpc) is 2.47. The first-order valence-corrected chi connectivity index (χ1v) is 8.20. The van der Waals surface area contributed by atoms with Gasteiger partial charge in [0.15, 0.2) is 0 Å². The van der Waals surface area contributed by atoms with Gasteiger partial charge in [-0.15, -0.1) is 0 Å². The molecule has 126 valence electrons. The number of rotatable bonds is 4. The maximum Gasteiger partial charge on any atom is 0.307 e. The first-order valence-electron chi connectivity index (χ1n) is 8.20. The van der Waals surface area contributed by atoms with Crippen molar-refractivity contribution in [2.24, 2.45) is 0 Å². The fourth-order valence-electron chi connectivity index (χ4n) is 4.03. The van der Waals surface area contributed by atoms with Crippen molar-refractivity contribution in [1.82, 2.24) is 5.48 Å². The van der Waals surface area contributed by atoms with Gasteiger partial charge in [-0.2, -0.15) is 5.48 Å². The van der Waals surface area contributed by atoms with E-state index in [2.05, 4.69) is 5.48 Å². The number of fused-ring (bicyclic) bond motifs is 1. The van der Waals surface area contributed by atoms with Crippen LogP contribution in [0.25, 0.3) is 0 Å². The molecule has 1 unspecified atom stereocenters. The summed E-state index contributed by atoms with van der Waals surface area (Å²) in [6, 6.07) is 0.0379. The van der Waals surface area contributed by atoms with Crippen LogP contribution < -0.4 is 10.2 Å². The van der Waals surface area contributed by atoms with Crippen molar-refractivity contribution in [3.63, 3.8) is 0 Å². The predicted octanol–water partition coefficient (Wildman–Crippen LogP) is 3.14. The van der Waals surface area contributed by atoms with Crippen molar-refractivity contribution in [3.05, 3.63) is 27.8 Å². The molecular formula is C18H25NO4. The minimum atomic E-state index is -0.806. The molecular weight excluding hydrogens is 294 g/mol. The first kappa shape index (κ1) is 16.3. The Labute approximate surface area is 136 Å². The van der Waals surface area contributed by atoms with Gasteiger partial charge >= 0.3 is 5.97 Å². The molecule has 1 fully saturated rings. The molecule has 1 atom stereocenters. The number of benzene rings is 1. The number of nitrogens with one attached hydrogen (secondary N) is 1. The SMILES string of the molecule is CONC1CC2(CCC2)Oc2c(C)c(C)c(CC(=O)O)c(C)c21. The highest BCUT2D eigenvalue weighted by atomic mass is 16.6. The molecule has 1 saturated carbocycles. The quantitative estimate of drug-likeness (QED) is 0.835. The summed E-state index contributed by atoms with van der Waals surface area (Å²) in [7, 11) is 1.62. The Bertz CT molecular complexity index is 649. The van der Waals surface area contributed by atoms with Crippen LogP contribution in [-0.4, -0.2) is 23.8 Å². The van der Waals surface area contributed by atoms with Crippen LogP contribution in [0.15, 0.2) is 0 Å². The highest BCUT2D eigenvalue weighted by Crippen LogP contribution is 2.52. The molecule has 1 aromatic rings. The van der Waals surface area contributed by atoms with E-state index in [1.54, 1.807) is 7.11 Å². The third-order valence-corrected chi connectivity index (χ3v) is 5.55. The molecule has 1 spiro atoms. The third-order valence-electron chi connectivity index (χ3n) is 5.55. The van der Waals surface area contributed by atoms with Gasteiger partial charge < -0.3 is 14.7 Å². The van der Waals surface area contributed by atoms with E-state index < -0.39 is 5.97 Å². The van der Waals surface area contributed by atoms with E-state index in [0.29, 0.717) is 0 Å². The fraction of sp³-hybridized carbons (Fsp3) is 0.611. The van der Waals surface area contributed by atoms with Crippen molar-refractivity contribution in [2.45, 2.75) is 64.5 Å². The number of carbonyl (C=O) groups is 1. The van der Waals surface area contributed by atoms with Gasteiger partial charge in [0, 0.05) is 12.0 Å². The van der Waals surface area contributed by atoms with Gasteiger partial charge in [0.05, 0.1) is 19.6 Å². The van der Waals surface area contributed by atoms with E-state index in [0.717, 1.165) is 52.8 Å². The number of hydrogen-bond donors (Lipinski definition) is 2. The zero-order valence-corrected chi connectivity index (χ0v) is 14.3. The van der Waals surface area contributed by atoms with E-state index in [4.69, 9.17) is 9.57 Å². The summed E-state index contributed by atoms with van der Waals surface area (Å²) >= 11 is 0. The van der Waals surface area contributed by atoms with Crippen LogP contribution in [0, 0.1) is 20.8 Å². The Morgan fingerprint density at radius 3 is 2.52 bits per heavy atom. The lowest BCUT2D eigenvalue weighted by molar-refractivity contribution is -0.136. The summed E-state index contributed by atoms with van der Waals surface area (Å²) in [6.45, 7) is 6.02. The summed E-state index contributed by atoms with van der Waals surface area (Å²) in [6.07, 6.45) is 4.25. The van der Waals surface area contributed by atoms with Gasteiger partial charge in [0.2, 0.25) is 0 Å². The van der Waals surface area contributed by atoms with Gasteiger partial charge in [-0.25, -0.2) is 0 Å². The van der Waals surface area contributed by atoms with Crippen LogP contribution in [0.4, 0.5) is 0 Å². The molecule has 5 nitrogen and oxygen atoms in total. The Morgan fingerprint density at radius 2 is 2.00 bits per heavy atom. The van der Waals surface area contributed by atoms with Crippen LogP contribution >= 0.6 is 0 Å². The number of carboxylic acids is 1. The van der Waals surface area contributed by atoms with E-state index in [1.165, 1.54) is 6.42 Å². The highest BCUT2D eigenvalue weighted by molar-refractivity contribution is 5.73. The maximum absolute atomic E-state index is 11.2. The average molecular weight is 319 g/mol. The van der Waals surface area contributed by atoms with E-state index >= 15 is 0 Å². The van der Waals surface area contributed by atoms with Crippen molar-refractivity contribution in [3.8, 4) is 5.75 Å². The first-order chi connectivity index (χ1) is 10.9. The van der Waals surface area contributed by atoms with E-state index in [1.807, 2.05) is 20.8 Å². The number of hydroxylamine groups is 1. The number of carboxylic acid groups (broad SMARTS) is 1. The second kappa shape index (κ2) is 5.80. The molecule has 0 bridgehead atoms. The highest BCUT2D eigenvalue weighted by Gasteiger charge is 2.47. The van der Waals surface area contributed by atoms with Gasteiger partial charge in [-0.1, -0.05) is 0 Å². The fourth-order valence-corrected chi connectivity index (χ4v) is 4.03. The Balaban J connectivity index is 2.15. The standard InChI is InChI=1S/C18H25NO4/c1-10-11(2)17-16(12(3)13(10)8-15(20)21)14(19-22-4)9-18(23-17)6-5-7-18/h14,19H,5-9H2,1-4H3,(H,20,21). The Hall–Kier alpha value is -1.59. The normalized spacial score (nSPS) is 21.5. The van der Waals surface area contributed by atoms with Crippen LogP contribution in [-0.2, 0) is 16.1 Å². The molecule has 23 heavy (non-hydrogen) atoms. The van der Waals surface area contributed by atoms with Gasteiger partial charge in [-0.05, 0) is 62.3 Å². The molecule has 1 aliphatic carbocycles. The predicted molar refractivity (Wildman–Crippen MR) is 86.7 cm³/mol. The molecule has 0 saturated heterocycles. The van der Waals surface area contributed by atoms with Gasteiger partial charge in [0.25, 0.3) is 0 Å². The van der Waals surface area contributed by atoms with Crippen molar-refractivity contribution in [2.75, 3.05) is 7.11 Å². The summed E-state index contributed by atoms with van der Waals surface area (Å²) in [5.74, 6) is 0.119. The van der Waals surface area contributed by atoms with Crippen LogP contribution in [0.2, 0.25) is 0 Å². The zero-order valence-electron chi connectivity index (χ0n) is 14.3. The van der Waals surface area contributed by atoms with E-state index in [9.17, 15) is 9.90 Å². The summed E-state index contributed by atoms with van der Waals surface area (Å²) in [5, 5.41) is 9.24. The molecule has 3 rings (SSSR count). The molecule has 1 aromatic carbocycles. The number of hydrogen-bond acceptors (Lipinski definition) is 4. The monoisotopic (exact) mass is 319 g/mol. The molecule has 5 heteroatoms. The number of aliphatic carboxylic acids is 1. The molecule has 0 amide bonds. The topological polar surface area (TPSA) is 67.8 Å². The smallest absolute Gasteiger partial charge is 0.307 e. The zero-order chi connectivity index (χ0) is 16.8. The van der Waals surface area contributed by atoms with Gasteiger partial charge in [-0.3, -0.25) is 4.79 Å². The summed E-state index contributed by atoms with van der Waals surface area (Å²) in [4.78, 5) is 16.5. The van der Waals surface area contributed by atoms with Crippen molar-refractivity contribution < 1.29 is 19.5 Å². The lowest BCUT2D eigenvalue weighted by Crippen LogP contribution is -2.49. The van der Waals surface area contributed by atoms with Crippen molar-refractivity contribution in [1.29, 1.82) is 0 Å². The Morgan fingerprint density at radius 1 is 1.30 bits per heavy atom. The molecule has 1 aliphatic heterocycles. The minimum Gasteiger partial charge on any atom is -0.487 e. The molecule has 0 radical (unpaired) electrons. The largest absolute Gasteiger partial charge is 0.487 e. The molecule has 2 aliphatic rings. The lowest BCUT2D eigenvalue weighted by Gasteiger charge is -2.49. The van der Waals surface area contributed by atoms with Crippen LogP contribution in [0.3, 0.4) is 0 Å². The minimum absolute atomic E-state index is 0.0379. The molecule has 2 N–H and O–H groups in total. The summed E-state index contributed by atoms with van der Waals surface area (Å²) < 4.78 is 6.44. The summed E-state index contributed by atoms with van der Waals surface area (Å²) in [5.41, 5.74) is 8.06. The second-order valence-electron chi connectivity index (χ2n) is 6.88. The molecule has 1 heterocycles. The third kappa shape index (κ3) is 2.62. The van der Waals surface area contributed by atoms with E-state index in [-0.39, 0.29) is 18.1 Å². The second-order valence-corrected chi connectivity index (χ2v) is 6.88. The van der Waals surface area contributed by atoms with Crippen molar-refractivity contribution >= 4 is 5.97 Å². The maximum atomic E-state index is 11.2. The molecule has 0 aromatic heterocycles. The van der Waals surface area contributed by atoms with Crippen LogP contribution in [0.1, 0.15) is 59.5 Å². The Kier molecular flexibility index (Phi) is 4.10.